The van der Waals surface area contributed by atoms with Crippen molar-refractivity contribution in [1.82, 2.24) is 4.98 Å². The molecule has 2 rings (SSSR count). The number of aromatic nitrogens is 1. The summed E-state index contributed by atoms with van der Waals surface area (Å²) in [6.45, 7) is 7.09. The van der Waals surface area contributed by atoms with Crippen LogP contribution in [0.1, 0.15) is 32.8 Å². The van der Waals surface area contributed by atoms with Crippen LogP contribution in [0.5, 0.6) is 5.75 Å². The third kappa shape index (κ3) is 2.65. The number of pyridine rings is 1. The van der Waals surface area contributed by atoms with Crippen molar-refractivity contribution in [2.75, 3.05) is 13.2 Å². The molecule has 4 heteroatoms. The van der Waals surface area contributed by atoms with Crippen molar-refractivity contribution in [2.24, 2.45) is 5.92 Å². The Morgan fingerprint density at radius 1 is 1.50 bits per heavy atom. The summed E-state index contributed by atoms with van der Waals surface area (Å²) in [6.07, 6.45) is 4.09. The van der Waals surface area contributed by atoms with Gasteiger partial charge in [0, 0.05) is 30.7 Å². The summed E-state index contributed by atoms with van der Waals surface area (Å²) in [5.74, 6) is 0.761. The number of ether oxygens (including phenoxy) is 2. The second kappa shape index (κ2) is 5.24. The van der Waals surface area contributed by atoms with Crippen molar-refractivity contribution in [2.45, 2.75) is 38.9 Å². The molecule has 0 radical (unpaired) electrons. The molecule has 0 aliphatic carbocycles. The molecule has 0 aromatic carbocycles. The van der Waals surface area contributed by atoms with E-state index in [-0.39, 0.29) is 12.0 Å². The summed E-state index contributed by atoms with van der Waals surface area (Å²) in [5, 5.41) is 10.8. The molecule has 1 N–H and O–H groups in total. The minimum atomic E-state index is -0.860. The van der Waals surface area contributed by atoms with Crippen LogP contribution >= 0.6 is 0 Å². The molecule has 4 nitrogen and oxygen atoms in total. The molecule has 1 aliphatic rings. The summed E-state index contributed by atoms with van der Waals surface area (Å²) in [4.78, 5) is 4.17. The lowest BCUT2D eigenvalue weighted by molar-refractivity contribution is -0.112. The van der Waals surface area contributed by atoms with E-state index in [2.05, 4.69) is 4.98 Å². The van der Waals surface area contributed by atoms with Crippen LogP contribution in [0.4, 0.5) is 0 Å². The molecular weight excluding hydrogens is 230 g/mol. The number of hydrogen-bond acceptors (Lipinski definition) is 4. The van der Waals surface area contributed by atoms with E-state index in [9.17, 15) is 5.11 Å². The fourth-order valence-corrected chi connectivity index (χ4v) is 2.29. The topological polar surface area (TPSA) is 51.6 Å². The summed E-state index contributed by atoms with van der Waals surface area (Å²) in [7, 11) is 0. The van der Waals surface area contributed by atoms with Gasteiger partial charge in [0.25, 0.3) is 0 Å². The van der Waals surface area contributed by atoms with Crippen molar-refractivity contribution in [1.29, 1.82) is 0 Å². The average Bonchev–Trinajstić information content (AvgIpc) is 2.32. The van der Waals surface area contributed by atoms with Crippen molar-refractivity contribution >= 4 is 0 Å². The predicted octanol–water partition coefficient (Wildman–Crippen LogP) is 2.11. The van der Waals surface area contributed by atoms with Crippen molar-refractivity contribution < 1.29 is 14.6 Å². The molecule has 1 fully saturated rings. The lowest BCUT2D eigenvalue weighted by atomic mass is 9.79. The Balaban J connectivity index is 2.26. The highest BCUT2D eigenvalue weighted by molar-refractivity contribution is 5.29. The van der Waals surface area contributed by atoms with Crippen LogP contribution in [0, 0.1) is 5.92 Å². The average molecular weight is 251 g/mol. The zero-order valence-corrected chi connectivity index (χ0v) is 11.2. The molecule has 0 amide bonds. The highest BCUT2D eigenvalue weighted by Crippen LogP contribution is 2.37. The van der Waals surface area contributed by atoms with Crippen LogP contribution in [0.15, 0.2) is 18.5 Å². The lowest BCUT2D eigenvalue weighted by Gasteiger charge is -2.38. The monoisotopic (exact) mass is 251 g/mol. The first kappa shape index (κ1) is 13.3. The second-order valence-corrected chi connectivity index (χ2v) is 5.23. The van der Waals surface area contributed by atoms with Crippen LogP contribution in [0.3, 0.4) is 0 Å². The van der Waals surface area contributed by atoms with Crippen molar-refractivity contribution in [3.05, 3.63) is 24.0 Å². The predicted molar refractivity (Wildman–Crippen MR) is 68.5 cm³/mol. The van der Waals surface area contributed by atoms with Gasteiger partial charge in [-0.3, -0.25) is 4.98 Å². The zero-order valence-electron chi connectivity index (χ0n) is 11.2. The Kier molecular flexibility index (Phi) is 3.88. The Labute approximate surface area is 108 Å². The van der Waals surface area contributed by atoms with Gasteiger partial charge in [0.1, 0.15) is 5.75 Å². The summed E-state index contributed by atoms with van der Waals surface area (Å²) in [6, 6.07) is 1.88. The molecule has 0 saturated carbocycles. The van der Waals surface area contributed by atoms with Gasteiger partial charge in [-0.15, -0.1) is 0 Å². The SMILES string of the molecule is CC(C)Oc1cncc(C2(O)CCOCC2C)c1. The van der Waals surface area contributed by atoms with Gasteiger partial charge in [0.2, 0.25) is 0 Å². The van der Waals surface area contributed by atoms with E-state index < -0.39 is 5.60 Å². The molecule has 1 aromatic rings. The Morgan fingerprint density at radius 2 is 2.28 bits per heavy atom. The van der Waals surface area contributed by atoms with E-state index in [0.29, 0.717) is 25.4 Å². The normalized spacial score (nSPS) is 28.4. The fourth-order valence-electron chi connectivity index (χ4n) is 2.29. The zero-order chi connectivity index (χ0) is 13.2. The van der Waals surface area contributed by atoms with Crippen LogP contribution in [0.25, 0.3) is 0 Å². The van der Waals surface area contributed by atoms with Crippen LogP contribution in [0.2, 0.25) is 0 Å². The lowest BCUT2D eigenvalue weighted by Crippen LogP contribution is -2.41. The van der Waals surface area contributed by atoms with E-state index in [1.165, 1.54) is 0 Å². The third-order valence-corrected chi connectivity index (χ3v) is 3.40. The number of aliphatic hydroxyl groups is 1. The molecule has 1 aromatic heterocycles. The summed E-state index contributed by atoms with van der Waals surface area (Å²) >= 11 is 0. The fraction of sp³-hybridized carbons (Fsp3) is 0.643. The van der Waals surface area contributed by atoms with Gasteiger partial charge >= 0.3 is 0 Å². The molecule has 2 atom stereocenters. The first-order valence-electron chi connectivity index (χ1n) is 6.44. The van der Waals surface area contributed by atoms with Crippen molar-refractivity contribution in [3.8, 4) is 5.75 Å². The van der Waals surface area contributed by atoms with E-state index in [1.807, 2.05) is 26.8 Å². The van der Waals surface area contributed by atoms with Crippen molar-refractivity contribution in [3.63, 3.8) is 0 Å². The van der Waals surface area contributed by atoms with Crippen LogP contribution in [-0.2, 0) is 10.3 Å². The quantitative estimate of drug-likeness (QED) is 0.894. The maximum atomic E-state index is 10.8. The van der Waals surface area contributed by atoms with Crippen LogP contribution in [-0.4, -0.2) is 29.4 Å². The maximum Gasteiger partial charge on any atom is 0.138 e. The number of rotatable bonds is 3. The smallest absolute Gasteiger partial charge is 0.138 e. The molecule has 18 heavy (non-hydrogen) atoms. The summed E-state index contributed by atoms with van der Waals surface area (Å²) < 4.78 is 11.0. The molecule has 1 aliphatic heterocycles. The first-order valence-corrected chi connectivity index (χ1v) is 6.44. The van der Waals surface area contributed by atoms with Gasteiger partial charge in [0.05, 0.1) is 24.5 Å². The van der Waals surface area contributed by atoms with Gasteiger partial charge in [-0.25, -0.2) is 0 Å². The van der Waals surface area contributed by atoms with E-state index in [0.717, 1.165) is 5.56 Å². The Hall–Kier alpha value is -1.13. The standard InChI is InChI=1S/C14H21NO3/c1-10(2)18-13-6-12(7-15-8-13)14(16)4-5-17-9-11(14)3/h6-8,10-11,16H,4-5,9H2,1-3H3. The highest BCUT2D eigenvalue weighted by atomic mass is 16.5. The molecule has 2 unspecified atom stereocenters. The molecule has 100 valence electrons. The molecule has 1 saturated heterocycles. The van der Waals surface area contributed by atoms with E-state index in [4.69, 9.17) is 9.47 Å². The third-order valence-electron chi connectivity index (χ3n) is 3.40. The number of nitrogens with zero attached hydrogens (tertiary/aromatic N) is 1. The molecule has 2 heterocycles. The Morgan fingerprint density at radius 3 is 2.94 bits per heavy atom. The molecule has 0 bridgehead atoms. The minimum absolute atomic E-state index is 0.0577. The molecular formula is C14H21NO3. The number of hydrogen-bond donors (Lipinski definition) is 1. The van der Waals surface area contributed by atoms with E-state index in [1.54, 1.807) is 12.4 Å². The van der Waals surface area contributed by atoms with Gasteiger partial charge in [0.15, 0.2) is 0 Å². The van der Waals surface area contributed by atoms with Gasteiger partial charge in [-0.1, -0.05) is 6.92 Å². The van der Waals surface area contributed by atoms with Gasteiger partial charge in [-0.05, 0) is 19.9 Å². The minimum Gasteiger partial charge on any atom is -0.489 e. The highest BCUT2D eigenvalue weighted by Gasteiger charge is 2.38. The molecule has 0 spiro atoms. The van der Waals surface area contributed by atoms with Gasteiger partial charge < -0.3 is 14.6 Å². The van der Waals surface area contributed by atoms with Gasteiger partial charge in [-0.2, -0.15) is 0 Å². The maximum absolute atomic E-state index is 10.8. The van der Waals surface area contributed by atoms with Crippen LogP contribution < -0.4 is 4.74 Å². The largest absolute Gasteiger partial charge is 0.489 e. The first-order chi connectivity index (χ1) is 8.52. The second-order valence-electron chi connectivity index (χ2n) is 5.23. The van der Waals surface area contributed by atoms with E-state index >= 15 is 0 Å². The Bertz CT molecular complexity index is 408. The summed E-state index contributed by atoms with van der Waals surface area (Å²) in [5.41, 5.74) is -0.0434.